The van der Waals surface area contributed by atoms with Crippen molar-refractivity contribution in [2.75, 3.05) is 5.73 Å². The molecule has 0 aliphatic rings. The van der Waals surface area contributed by atoms with E-state index in [-0.39, 0.29) is 16.7 Å². The van der Waals surface area contributed by atoms with Crippen LogP contribution in [-0.4, -0.2) is 26.0 Å². The highest BCUT2D eigenvalue weighted by Gasteiger charge is 2.16. The number of rotatable bonds is 2. The van der Waals surface area contributed by atoms with Crippen molar-refractivity contribution < 1.29 is 9.90 Å². The molecule has 6 nitrogen and oxygen atoms in total. The van der Waals surface area contributed by atoms with Gasteiger partial charge in [-0.05, 0) is 12.1 Å². The van der Waals surface area contributed by atoms with Crippen LogP contribution in [0.3, 0.4) is 0 Å². The fourth-order valence-corrected chi connectivity index (χ4v) is 1.46. The van der Waals surface area contributed by atoms with Crippen LogP contribution < -0.4 is 5.73 Å². The Hall–Kier alpha value is -2.08. The summed E-state index contributed by atoms with van der Waals surface area (Å²) in [6, 6.07) is 3.49. The first kappa shape index (κ1) is 10.4. The summed E-state index contributed by atoms with van der Waals surface area (Å²) in [6.45, 7) is 0. The number of carboxylic acids is 1. The monoisotopic (exact) mass is 238 g/mol. The number of carboxylic acid groups (broad SMARTS) is 1. The molecule has 0 aromatic carbocycles. The number of nitrogen functional groups attached to an aromatic ring is 1. The topological polar surface area (TPSA) is 105 Å². The normalized spacial score (nSPS) is 10.3. The average molecular weight is 239 g/mol. The summed E-state index contributed by atoms with van der Waals surface area (Å²) in [4.78, 5) is 21.2. The Morgan fingerprint density at radius 3 is 2.81 bits per heavy atom. The Morgan fingerprint density at radius 2 is 2.25 bits per heavy atom. The van der Waals surface area contributed by atoms with E-state index in [0.29, 0.717) is 11.4 Å². The molecule has 7 heteroatoms. The van der Waals surface area contributed by atoms with Crippen LogP contribution in [0, 0.1) is 0 Å². The van der Waals surface area contributed by atoms with Crippen molar-refractivity contribution in [2.24, 2.45) is 0 Å². The zero-order chi connectivity index (χ0) is 11.7. The first-order valence-corrected chi connectivity index (χ1v) is 4.67. The smallest absolute Gasteiger partial charge is 0.358 e. The van der Waals surface area contributed by atoms with Crippen molar-refractivity contribution in [2.45, 2.75) is 0 Å². The van der Waals surface area contributed by atoms with Gasteiger partial charge in [0.1, 0.15) is 5.69 Å². The molecule has 2 aromatic heterocycles. The van der Waals surface area contributed by atoms with Crippen molar-refractivity contribution in [3.8, 4) is 11.4 Å². The molecule has 16 heavy (non-hydrogen) atoms. The van der Waals surface area contributed by atoms with Crippen molar-refractivity contribution in [1.29, 1.82) is 0 Å². The second kappa shape index (κ2) is 3.82. The highest BCUT2D eigenvalue weighted by molar-refractivity contribution is 6.32. The molecule has 0 saturated heterocycles. The van der Waals surface area contributed by atoms with Gasteiger partial charge in [-0.3, -0.25) is 0 Å². The van der Waals surface area contributed by atoms with E-state index in [1.807, 2.05) is 0 Å². The van der Waals surface area contributed by atoms with Crippen LogP contribution in [0.15, 0.2) is 18.3 Å². The van der Waals surface area contributed by atoms with Crippen molar-refractivity contribution >= 4 is 23.4 Å². The first-order valence-electron chi connectivity index (χ1n) is 4.29. The number of aromatic carboxylic acids is 1. The summed E-state index contributed by atoms with van der Waals surface area (Å²) in [5.41, 5.74) is 6.08. The number of nitrogens with zero attached hydrogens (tertiary/aromatic N) is 2. The highest BCUT2D eigenvalue weighted by atomic mass is 35.5. The molecule has 0 radical (unpaired) electrons. The number of carbonyl (C=O) groups is 1. The van der Waals surface area contributed by atoms with Crippen LogP contribution in [0.4, 0.5) is 5.82 Å². The van der Waals surface area contributed by atoms with E-state index in [2.05, 4.69) is 15.0 Å². The quantitative estimate of drug-likeness (QED) is 0.734. The van der Waals surface area contributed by atoms with Gasteiger partial charge in [-0.2, -0.15) is 0 Å². The van der Waals surface area contributed by atoms with E-state index in [4.69, 9.17) is 22.4 Å². The summed E-state index contributed by atoms with van der Waals surface area (Å²) in [7, 11) is 0. The van der Waals surface area contributed by atoms with Crippen molar-refractivity contribution in [3.63, 3.8) is 0 Å². The molecule has 0 saturated carbocycles. The lowest BCUT2D eigenvalue weighted by atomic mass is 10.3. The minimum atomic E-state index is -1.26. The van der Waals surface area contributed by atoms with Gasteiger partial charge in [0.05, 0.1) is 5.69 Å². The van der Waals surface area contributed by atoms with Gasteiger partial charge >= 0.3 is 5.97 Å². The second-order valence-corrected chi connectivity index (χ2v) is 3.34. The molecule has 0 aliphatic heterocycles. The van der Waals surface area contributed by atoms with Crippen molar-refractivity contribution in [3.05, 3.63) is 29.2 Å². The lowest BCUT2D eigenvalue weighted by Gasteiger charge is -2.04. The molecule has 2 heterocycles. The van der Waals surface area contributed by atoms with E-state index < -0.39 is 5.97 Å². The maximum absolute atomic E-state index is 10.7. The Balaban J connectivity index is 2.59. The predicted molar refractivity (Wildman–Crippen MR) is 58.2 cm³/mol. The zero-order valence-electron chi connectivity index (χ0n) is 7.94. The molecule has 2 rings (SSSR count). The molecule has 0 atom stereocenters. The number of hydrogen-bond donors (Lipinski definition) is 3. The Kier molecular flexibility index (Phi) is 2.49. The molecular formula is C9H7ClN4O2. The summed E-state index contributed by atoms with van der Waals surface area (Å²) in [5, 5.41) is 8.76. The number of halogens is 1. The number of H-pyrrole nitrogens is 1. The van der Waals surface area contributed by atoms with Gasteiger partial charge in [-0.15, -0.1) is 0 Å². The summed E-state index contributed by atoms with van der Waals surface area (Å²) >= 11 is 5.82. The number of nitrogens with two attached hydrogens (primary N) is 1. The van der Waals surface area contributed by atoms with Crippen molar-refractivity contribution in [1.82, 2.24) is 15.0 Å². The summed E-state index contributed by atoms with van der Waals surface area (Å²) in [6.07, 6.45) is 1.69. The molecule has 2 aromatic rings. The molecule has 0 unspecified atom stereocenters. The van der Waals surface area contributed by atoms with E-state index in [0.717, 1.165) is 0 Å². The number of nitrogens with one attached hydrogen (secondary N) is 1. The van der Waals surface area contributed by atoms with Gasteiger partial charge in [0, 0.05) is 6.20 Å². The third-order valence-electron chi connectivity index (χ3n) is 1.94. The van der Waals surface area contributed by atoms with E-state index >= 15 is 0 Å². The number of aromatic nitrogens is 3. The van der Waals surface area contributed by atoms with Gasteiger partial charge in [0.25, 0.3) is 0 Å². The molecule has 0 amide bonds. The Labute approximate surface area is 95.1 Å². The maximum atomic E-state index is 10.7. The summed E-state index contributed by atoms with van der Waals surface area (Å²) in [5.74, 6) is -1.42. The largest absolute Gasteiger partial charge is 0.476 e. The van der Waals surface area contributed by atoms with Gasteiger partial charge < -0.3 is 15.8 Å². The molecule has 82 valence electrons. The fraction of sp³-hybridized carbons (Fsp3) is 0. The van der Waals surface area contributed by atoms with E-state index in [9.17, 15) is 4.79 Å². The van der Waals surface area contributed by atoms with Gasteiger partial charge in [0.15, 0.2) is 16.7 Å². The number of hydrogen-bond acceptors (Lipinski definition) is 4. The molecule has 0 fully saturated rings. The number of aromatic amines is 1. The molecule has 0 aliphatic carbocycles. The van der Waals surface area contributed by atoms with Gasteiger partial charge in [0.2, 0.25) is 0 Å². The fourth-order valence-electron chi connectivity index (χ4n) is 1.23. The van der Waals surface area contributed by atoms with E-state index in [1.165, 1.54) is 0 Å². The van der Waals surface area contributed by atoms with E-state index in [1.54, 1.807) is 18.3 Å². The third-order valence-corrected chi connectivity index (χ3v) is 2.20. The SMILES string of the molecule is Nc1nc(-c2ccc[nH]2)c(Cl)nc1C(=O)O. The van der Waals surface area contributed by atoms with Gasteiger partial charge in [-0.25, -0.2) is 14.8 Å². The number of anilines is 1. The minimum absolute atomic E-state index is 0.00551. The standard InChI is InChI=1S/C9H7ClN4O2/c10-7-5(4-2-1-3-12-4)14-8(11)6(13-7)9(15)16/h1-3,12H,(H2,11,14)(H,15,16). The highest BCUT2D eigenvalue weighted by Crippen LogP contribution is 2.24. The van der Waals surface area contributed by atoms with Crippen LogP contribution in [0.5, 0.6) is 0 Å². The average Bonchev–Trinajstić information content (AvgIpc) is 2.73. The van der Waals surface area contributed by atoms with Crippen LogP contribution in [0.1, 0.15) is 10.5 Å². The lowest BCUT2D eigenvalue weighted by Crippen LogP contribution is -2.09. The minimum Gasteiger partial charge on any atom is -0.476 e. The maximum Gasteiger partial charge on any atom is 0.358 e. The molecule has 0 spiro atoms. The zero-order valence-corrected chi connectivity index (χ0v) is 8.69. The van der Waals surface area contributed by atoms with Gasteiger partial charge in [-0.1, -0.05) is 11.6 Å². The van der Waals surface area contributed by atoms with Crippen LogP contribution in [-0.2, 0) is 0 Å². The lowest BCUT2D eigenvalue weighted by molar-refractivity contribution is 0.0691. The third kappa shape index (κ3) is 1.70. The molecule has 4 N–H and O–H groups in total. The molecular weight excluding hydrogens is 232 g/mol. The molecule has 0 bridgehead atoms. The van der Waals surface area contributed by atoms with Crippen LogP contribution in [0.2, 0.25) is 5.15 Å². The predicted octanol–water partition coefficient (Wildman–Crippen LogP) is 1.41. The van der Waals surface area contributed by atoms with Crippen LogP contribution >= 0.6 is 11.6 Å². The first-order chi connectivity index (χ1) is 7.59. The Bertz CT molecular complexity index is 539. The second-order valence-electron chi connectivity index (χ2n) is 2.99. The summed E-state index contributed by atoms with van der Waals surface area (Å²) < 4.78 is 0. The van der Waals surface area contributed by atoms with Crippen LogP contribution in [0.25, 0.3) is 11.4 Å². The Morgan fingerprint density at radius 1 is 1.50 bits per heavy atom.